The average Bonchev–Trinajstić information content (AvgIpc) is 1.72. The average molecular weight is 140 g/mol. The zero-order chi connectivity index (χ0) is 5.70. The van der Waals surface area contributed by atoms with Gasteiger partial charge in [-0.15, -0.1) is 0 Å². The predicted octanol–water partition coefficient (Wildman–Crippen LogP) is 1.34. The second-order valence-electron chi connectivity index (χ2n) is 1.11. The van der Waals surface area contributed by atoms with Gasteiger partial charge in [-0.3, -0.25) is 0 Å². The molecule has 0 saturated heterocycles. The Hall–Kier alpha value is 0.780. The molecule has 0 spiro atoms. The number of hydrogen-bond donors (Lipinski definition) is 0. The maximum absolute atomic E-state index is 4.72. The monoisotopic (exact) mass is 140 g/mol. The van der Waals surface area contributed by atoms with Crippen molar-refractivity contribution in [2.75, 3.05) is 0 Å². The molecule has 2 nitrogen and oxygen atoms in total. The smallest absolute Gasteiger partial charge is 0.163 e. The summed E-state index contributed by atoms with van der Waals surface area (Å²) >= 11 is 0. The molecule has 2 unspecified atom stereocenters. The Labute approximate surface area is 48.5 Å². The van der Waals surface area contributed by atoms with Gasteiger partial charge in [0, 0.05) is 18.9 Å². The lowest BCUT2D eigenvalue weighted by Crippen LogP contribution is -2.03. The van der Waals surface area contributed by atoms with E-state index in [0.717, 1.165) is 6.42 Å². The van der Waals surface area contributed by atoms with Gasteiger partial charge in [0.1, 0.15) is 0 Å². The topological polar surface area (TPSA) is 18.5 Å². The minimum atomic E-state index is -0.0880. The third-order valence-electron chi connectivity index (χ3n) is 0.637. The van der Waals surface area contributed by atoms with Crippen LogP contribution in [0.4, 0.5) is 0 Å². The van der Waals surface area contributed by atoms with Crippen LogP contribution in [0.25, 0.3) is 0 Å². The van der Waals surface area contributed by atoms with Crippen LogP contribution < -0.4 is 0 Å². The lowest BCUT2D eigenvalue weighted by molar-refractivity contribution is 0.0362. The molecule has 0 aliphatic heterocycles. The van der Waals surface area contributed by atoms with Crippen molar-refractivity contribution in [3.8, 4) is 0 Å². The van der Waals surface area contributed by atoms with E-state index in [1.165, 1.54) is 0 Å². The molecule has 0 N–H and O–H groups in total. The Kier molecular flexibility index (Phi) is 5.48. The Morgan fingerprint density at radius 1 is 1.43 bits per heavy atom. The SMILES string of the molecule is CCC(OP)OP. The van der Waals surface area contributed by atoms with E-state index in [4.69, 9.17) is 9.05 Å². The molecule has 0 saturated carbocycles. The number of hydrogen-bond acceptors (Lipinski definition) is 2. The van der Waals surface area contributed by atoms with Crippen molar-refractivity contribution in [3.05, 3.63) is 0 Å². The Bertz CT molecular complexity index is 32.4. The summed E-state index contributed by atoms with van der Waals surface area (Å²) in [5, 5.41) is 0. The van der Waals surface area contributed by atoms with Gasteiger partial charge in [-0.25, -0.2) is 0 Å². The molecule has 0 radical (unpaired) electrons. The highest BCUT2D eigenvalue weighted by Gasteiger charge is 1.96. The first-order valence-electron chi connectivity index (χ1n) is 2.06. The molecule has 0 bridgehead atoms. The predicted molar refractivity (Wildman–Crippen MR) is 35.7 cm³/mol. The Morgan fingerprint density at radius 2 is 1.86 bits per heavy atom. The van der Waals surface area contributed by atoms with Crippen LogP contribution in [-0.4, -0.2) is 6.29 Å². The molecule has 0 heterocycles. The van der Waals surface area contributed by atoms with Crippen molar-refractivity contribution in [3.63, 3.8) is 0 Å². The van der Waals surface area contributed by atoms with Gasteiger partial charge in [-0.05, 0) is 6.42 Å². The zero-order valence-electron chi connectivity index (χ0n) is 4.26. The largest absolute Gasteiger partial charge is 0.336 e. The highest BCUT2D eigenvalue weighted by molar-refractivity contribution is 7.10. The lowest BCUT2D eigenvalue weighted by Gasteiger charge is -2.07. The molecule has 0 aromatic heterocycles. The first kappa shape index (κ1) is 7.78. The molecule has 0 amide bonds. The summed E-state index contributed by atoms with van der Waals surface area (Å²) in [7, 11) is 4.29. The molecule has 44 valence electrons. The van der Waals surface area contributed by atoms with Gasteiger partial charge in [0.15, 0.2) is 6.29 Å². The molecule has 7 heavy (non-hydrogen) atoms. The van der Waals surface area contributed by atoms with Crippen molar-refractivity contribution in [1.82, 2.24) is 0 Å². The molecule has 0 rings (SSSR count). The van der Waals surface area contributed by atoms with Gasteiger partial charge < -0.3 is 9.05 Å². The summed E-state index contributed by atoms with van der Waals surface area (Å²) in [6, 6.07) is 0. The second-order valence-corrected chi connectivity index (χ2v) is 1.65. The van der Waals surface area contributed by atoms with Gasteiger partial charge in [-0.1, -0.05) is 6.92 Å². The van der Waals surface area contributed by atoms with Crippen LogP contribution in [-0.2, 0) is 9.05 Å². The first-order valence-corrected chi connectivity index (χ1v) is 3.00. The van der Waals surface area contributed by atoms with Crippen LogP contribution in [0, 0.1) is 0 Å². The van der Waals surface area contributed by atoms with Crippen molar-refractivity contribution >= 4 is 18.9 Å². The van der Waals surface area contributed by atoms with E-state index in [1.54, 1.807) is 0 Å². The summed E-state index contributed by atoms with van der Waals surface area (Å²) in [5.74, 6) is 0. The van der Waals surface area contributed by atoms with Crippen molar-refractivity contribution in [1.29, 1.82) is 0 Å². The van der Waals surface area contributed by atoms with Crippen LogP contribution in [0.2, 0.25) is 0 Å². The van der Waals surface area contributed by atoms with Gasteiger partial charge in [0.2, 0.25) is 0 Å². The van der Waals surface area contributed by atoms with E-state index in [-0.39, 0.29) is 6.29 Å². The quantitative estimate of drug-likeness (QED) is 0.435. The van der Waals surface area contributed by atoms with Crippen molar-refractivity contribution in [2.45, 2.75) is 19.6 Å². The maximum Gasteiger partial charge on any atom is 0.163 e. The zero-order valence-corrected chi connectivity index (χ0v) is 6.57. The van der Waals surface area contributed by atoms with Crippen LogP contribution >= 0.6 is 18.9 Å². The fourth-order valence-corrected chi connectivity index (χ4v) is 0.866. The highest BCUT2D eigenvalue weighted by Crippen LogP contribution is 2.06. The molecule has 4 heteroatoms. The van der Waals surface area contributed by atoms with Crippen molar-refractivity contribution < 1.29 is 9.05 Å². The molecule has 0 aromatic carbocycles. The van der Waals surface area contributed by atoms with E-state index < -0.39 is 0 Å². The molecule has 0 fully saturated rings. The molecule has 2 atom stereocenters. The second kappa shape index (κ2) is 4.93. The molecule has 0 aromatic rings. The van der Waals surface area contributed by atoms with Gasteiger partial charge in [-0.2, -0.15) is 0 Å². The van der Waals surface area contributed by atoms with E-state index in [9.17, 15) is 0 Å². The normalized spacial score (nSPS) is 10.3. The van der Waals surface area contributed by atoms with Gasteiger partial charge >= 0.3 is 0 Å². The molecule has 0 aliphatic rings. The summed E-state index contributed by atoms with van der Waals surface area (Å²) in [4.78, 5) is 0. The van der Waals surface area contributed by atoms with Gasteiger partial charge in [0.25, 0.3) is 0 Å². The first-order chi connectivity index (χ1) is 3.35. The standard InChI is InChI=1S/C3H10O2P2/c1-2-3(4-6)5-7/h3H,2,6-7H2,1H3. The van der Waals surface area contributed by atoms with Crippen LogP contribution in [0.3, 0.4) is 0 Å². The summed E-state index contributed by atoms with van der Waals surface area (Å²) in [6.07, 6.45) is 0.780. The van der Waals surface area contributed by atoms with E-state index in [1.807, 2.05) is 6.92 Å². The maximum atomic E-state index is 4.72. The third-order valence-corrected chi connectivity index (χ3v) is 1.24. The minimum absolute atomic E-state index is 0.0880. The lowest BCUT2D eigenvalue weighted by atomic mass is 10.5. The number of rotatable bonds is 3. The molecule has 0 aliphatic carbocycles. The molecular weight excluding hydrogens is 130 g/mol. The fraction of sp³-hybridized carbons (Fsp3) is 1.00. The van der Waals surface area contributed by atoms with E-state index >= 15 is 0 Å². The van der Waals surface area contributed by atoms with Crippen LogP contribution in [0.5, 0.6) is 0 Å². The summed E-state index contributed by atoms with van der Waals surface area (Å²) in [6.45, 7) is 1.98. The molecular formula is C3H10O2P2. The summed E-state index contributed by atoms with van der Waals surface area (Å²) in [5.41, 5.74) is 0. The third kappa shape index (κ3) is 3.37. The van der Waals surface area contributed by atoms with Crippen LogP contribution in [0.1, 0.15) is 13.3 Å². The Balaban J connectivity index is 2.99. The van der Waals surface area contributed by atoms with Crippen molar-refractivity contribution in [2.24, 2.45) is 0 Å². The van der Waals surface area contributed by atoms with Gasteiger partial charge in [0.05, 0.1) is 0 Å². The van der Waals surface area contributed by atoms with E-state index in [2.05, 4.69) is 18.9 Å². The summed E-state index contributed by atoms with van der Waals surface area (Å²) < 4.78 is 9.44. The van der Waals surface area contributed by atoms with E-state index in [0.29, 0.717) is 0 Å². The highest BCUT2D eigenvalue weighted by atomic mass is 31.0. The minimum Gasteiger partial charge on any atom is -0.336 e. The fourth-order valence-electron chi connectivity index (χ4n) is 0.225. The Morgan fingerprint density at radius 3 is 1.86 bits per heavy atom. The van der Waals surface area contributed by atoms with Crippen LogP contribution in [0.15, 0.2) is 0 Å².